The Bertz CT molecular complexity index is 401. The van der Waals surface area contributed by atoms with Gasteiger partial charge in [0.15, 0.2) is 0 Å². The van der Waals surface area contributed by atoms with E-state index in [0.29, 0.717) is 11.5 Å². The zero-order valence-corrected chi connectivity index (χ0v) is 9.39. The highest BCUT2D eigenvalue weighted by Gasteiger charge is 2.24. The number of aliphatic carboxylic acids is 1. The zero-order valence-electron chi connectivity index (χ0n) is 9.39. The zero-order chi connectivity index (χ0) is 11.5. The molecule has 0 aliphatic heterocycles. The number of rotatable bonds is 3. The summed E-state index contributed by atoms with van der Waals surface area (Å²) in [5.41, 5.74) is 1.27. The highest BCUT2D eigenvalue weighted by atomic mass is 16.4. The fraction of sp³-hybridized carbons (Fsp3) is 0.500. The highest BCUT2D eigenvalue weighted by molar-refractivity contribution is 5.92. The predicted octanol–water partition coefficient (Wildman–Crippen LogP) is 2.39. The summed E-state index contributed by atoms with van der Waals surface area (Å²) in [4.78, 5) is 11.1. The summed E-state index contributed by atoms with van der Waals surface area (Å²) in [6, 6.07) is 1.82. The topological polar surface area (TPSA) is 55.1 Å². The molecule has 16 heavy (non-hydrogen) atoms. The van der Waals surface area contributed by atoms with Crippen LogP contribution in [0.25, 0.3) is 5.70 Å². The number of aromatic nitrogens is 2. The predicted molar refractivity (Wildman–Crippen MR) is 60.7 cm³/mol. The van der Waals surface area contributed by atoms with Gasteiger partial charge in [0.2, 0.25) is 0 Å². The fourth-order valence-electron chi connectivity index (χ4n) is 2.39. The van der Waals surface area contributed by atoms with Gasteiger partial charge >= 0.3 is 5.97 Å². The number of allylic oxidation sites excluding steroid dienone is 1. The minimum atomic E-state index is -0.850. The number of carboxylic acid groups (broad SMARTS) is 1. The van der Waals surface area contributed by atoms with E-state index in [-0.39, 0.29) is 0 Å². The molecular formula is C12H16N2O2. The van der Waals surface area contributed by atoms with E-state index in [1.165, 1.54) is 12.8 Å². The average Bonchev–Trinajstić information content (AvgIpc) is 2.89. The number of carboxylic acids is 1. The van der Waals surface area contributed by atoms with Crippen LogP contribution in [0, 0.1) is 5.92 Å². The Morgan fingerprint density at radius 1 is 1.44 bits per heavy atom. The van der Waals surface area contributed by atoms with Gasteiger partial charge < -0.3 is 5.11 Å². The first-order chi connectivity index (χ1) is 7.70. The summed E-state index contributed by atoms with van der Waals surface area (Å²) >= 11 is 0. The summed E-state index contributed by atoms with van der Waals surface area (Å²) < 4.78 is 1.71. The van der Waals surface area contributed by atoms with Gasteiger partial charge in [-0.1, -0.05) is 12.8 Å². The average molecular weight is 220 g/mol. The van der Waals surface area contributed by atoms with E-state index in [1.807, 2.05) is 12.3 Å². The van der Waals surface area contributed by atoms with Crippen molar-refractivity contribution in [3.05, 3.63) is 24.0 Å². The van der Waals surface area contributed by atoms with Gasteiger partial charge in [0.25, 0.3) is 0 Å². The van der Waals surface area contributed by atoms with Crippen molar-refractivity contribution < 1.29 is 9.90 Å². The lowest BCUT2D eigenvalue weighted by molar-refractivity contribution is -0.132. The standard InChI is InChI=1S/C12H16N2O2/c1-9(12(15)16)11(10-5-2-3-6-10)14-8-4-7-13-14/h4,7-8,10H,2-3,5-6H2,1H3,(H,15,16)/b11-9+. The van der Waals surface area contributed by atoms with Gasteiger partial charge in [0.05, 0.1) is 11.3 Å². The van der Waals surface area contributed by atoms with Crippen molar-refractivity contribution in [2.24, 2.45) is 5.92 Å². The van der Waals surface area contributed by atoms with Crippen molar-refractivity contribution >= 4 is 11.7 Å². The van der Waals surface area contributed by atoms with Gasteiger partial charge in [-0.05, 0) is 25.8 Å². The van der Waals surface area contributed by atoms with E-state index in [9.17, 15) is 4.79 Å². The van der Waals surface area contributed by atoms with Crippen LogP contribution < -0.4 is 0 Å². The summed E-state index contributed by atoms with van der Waals surface area (Å²) in [7, 11) is 0. The Balaban J connectivity index is 2.41. The Morgan fingerprint density at radius 2 is 2.12 bits per heavy atom. The van der Waals surface area contributed by atoms with Crippen molar-refractivity contribution in [3.63, 3.8) is 0 Å². The smallest absolute Gasteiger partial charge is 0.333 e. The first-order valence-electron chi connectivity index (χ1n) is 5.64. The minimum absolute atomic E-state index is 0.344. The van der Waals surface area contributed by atoms with Crippen molar-refractivity contribution in [1.29, 1.82) is 0 Å². The Labute approximate surface area is 94.6 Å². The quantitative estimate of drug-likeness (QED) is 0.796. The Kier molecular flexibility index (Phi) is 3.08. The largest absolute Gasteiger partial charge is 0.478 e. The first kappa shape index (κ1) is 10.9. The van der Waals surface area contributed by atoms with E-state index in [1.54, 1.807) is 17.8 Å². The van der Waals surface area contributed by atoms with Gasteiger partial charge in [-0.2, -0.15) is 5.10 Å². The number of carbonyl (C=O) groups is 1. The van der Waals surface area contributed by atoms with E-state index < -0.39 is 5.97 Å². The SMILES string of the molecule is C/C(C(=O)O)=C(/C1CCCC1)n1cccn1. The molecule has 1 aliphatic carbocycles. The normalized spacial score (nSPS) is 18.6. The lowest BCUT2D eigenvalue weighted by Crippen LogP contribution is -2.13. The molecule has 4 nitrogen and oxygen atoms in total. The highest BCUT2D eigenvalue weighted by Crippen LogP contribution is 2.35. The molecule has 2 rings (SSSR count). The van der Waals surface area contributed by atoms with Crippen LogP contribution >= 0.6 is 0 Å². The Hall–Kier alpha value is -1.58. The third-order valence-electron chi connectivity index (χ3n) is 3.20. The van der Waals surface area contributed by atoms with E-state index >= 15 is 0 Å². The molecule has 1 N–H and O–H groups in total. The van der Waals surface area contributed by atoms with Crippen LogP contribution in [0.15, 0.2) is 24.0 Å². The second-order valence-electron chi connectivity index (χ2n) is 4.25. The molecule has 1 fully saturated rings. The van der Waals surface area contributed by atoms with Gasteiger partial charge in [0, 0.05) is 18.3 Å². The molecule has 1 heterocycles. The van der Waals surface area contributed by atoms with Crippen LogP contribution in [-0.2, 0) is 4.79 Å². The molecule has 0 unspecified atom stereocenters. The maximum Gasteiger partial charge on any atom is 0.333 e. The summed E-state index contributed by atoms with van der Waals surface area (Å²) in [5, 5.41) is 13.3. The molecule has 0 amide bonds. The number of nitrogens with zero attached hydrogens (tertiary/aromatic N) is 2. The molecule has 1 aromatic heterocycles. The van der Waals surface area contributed by atoms with Crippen LogP contribution in [0.4, 0.5) is 0 Å². The molecule has 0 bridgehead atoms. The van der Waals surface area contributed by atoms with Crippen molar-refractivity contribution in [2.45, 2.75) is 32.6 Å². The second-order valence-corrected chi connectivity index (χ2v) is 4.25. The van der Waals surface area contributed by atoms with Crippen molar-refractivity contribution in [2.75, 3.05) is 0 Å². The fourth-order valence-corrected chi connectivity index (χ4v) is 2.39. The van der Waals surface area contributed by atoms with Crippen molar-refractivity contribution in [1.82, 2.24) is 9.78 Å². The molecule has 1 aromatic rings. The van der Waals surface area contributed by atoms with Crippen LogP contribution in [0.3, 0.4) is 0 Å². The van der Waals surface area contributed by atoms with Crippen LogP contribution in [-0.4, -0.2) is 20.9 Å². The van der Waals surface area contributed by atoms with Crippen LogP contribution in [0.1, 0.15) is 32.6 Å². The molecule has 0 aromatic carbocycles. The third-order valence-corrected chi connectivity index (χ3v) is 3.20. The second kappa shape index (κ2) is 4.51. The van der Waals surface area contributed by atoms with E-state index in [2.05, 4.69) is 5.10 Å². The monoisotopic (exact) mass is 220 g/mol. The number of hydrogen-bond acceptors (Lipinski definition) is 2. The molecular weight excluding hydrogens is 204 g/mol. The maximum atomic E-state index is 11.1. The molecule has 0 radical (unpaired) electrons. The summed E-state index contributed by atoms with van der Waals surface area (Å²) in [6.07, 6.45) is 8.01. The summed E-state index contributed by atoms with van der Waals surface area (Å²) in [6.45, 7) is 1.66. The summed E-state index contributed by atoms with van der Waals surface area (Å²) in [5.74, 6) is -0.506. The third kappa shape index (κ3) is 2.01. The van der Waals surface area contributed by atoms with E-state index in [4.69, 9.17) is 5.11 Å². The molecule has 1 saturated carbocycles. The van der Waals surface area contributed by atoms with Gasteiger partial charge in [-0.3, -0.25) is 0 Å². The molecule has 86 valence electrons. The van der Waals surface area contributed by atoms with Gasteiger partial charge in [0.1, 0.15) is 0 Å². The lowest BCUT2D eigenvalue weighted by atomic mass is 10.00. The van der Waals surface area contributed by atoms with Crippen LogP contribution in [0.2, 0.25) is 0 Å². The molecule has 0 saturated heterocycles. The molecule has 0 spiro atoms. The number of hydrogen-bond donors (Lipinski definition) is 1. The maximum absolute atomic E-state index is 11.1. The van der Waals surface area contributed by atoms with Crippen LogP contribution in [0.5, 0.6) is 0 Å². The molecule has 1 aliphatic rings. The van der Waals surface area contributed by atoms with Crippen molar-refractivity contribution in [3.8, 4) is 0 Å². The minimum Gasteiger partial charge on any atom is -0.478 e. The molecule has 4 heteroatoms. The first-order valence-corrected chi connectivity index (χ1v) is 5.64. The van der Waals surface area contributed by atoms with Gasteiger partial charge in [-0.25, -0.2) is 9.48 Å². The molecule has 0 atom stereocenters. The lowest BCUT2D eigenvalue weighted by Gasteiger charge is -2.16. The van der Waals surface area contributed by atoms with E-state index in [0.717, 1.165) is 18.5 Å². The Morgan fingerprint density at radius 3 is 2.62 bits per heavy atom. The van der Waals surface area contributed by atoms with Gasteiger partial charge in [-0.15, -0.1) is 0 Å².